The molecule has 10 nitrogen and oxygen atoms in total. The summed E-state index contributed by atoms with van der Waals surface area (Å²) in [5, 5.41) is 5.41. The van der Waals surface area contributed by atoms with Gasteiger partial charge in [-0.15, -0.1) is 0 Å². The number of hydrogen-bond acceptors (Lipinski definition) is 6. The Hall–Kier alpha value is -4.09. The van der Waals surface area contributed by atoms with Gasteiger partial charge in [-0.05, 0) is 55.9 Å². The topological polar surface area (TPSA) is 132 Å². The molecule has 1 fully saturated rings. The maximum atomic E-state index is 13.7. The number of nitrogens with two attached hydrogens (primary N) is 1. The molecule has 2 aromatic carbocycles. The Morgan fingerprint density at radius 1 is 1.09 bits per heavy atom. The Labute approximate surface area is 251 Å². The van der Waals surface area contributed by atoms with Gasteiger partial charge in [-0.25, -0.2) is 9.37 Å². The van der Waals surface area contributed by atoms with E-state index < -0.39 is 29.4 Å². The second-order valence-electron chi connectivity index (χ2n) is 11.8. The van der Waals surface area contributed by atoms with Crippen LogP contribution >= 0.6 is 0 Å². The number of anilines is 1. The third-order valence-corrected chi connectivity index (χ3v) is 7.57. The van der Waals surface area contributed by atoms with Crippen molar-refractivity contribution in [3.05, 3.63) is 84.1 Å². The molecule has 1 aliphatic rings. The molecule has 4 rings (SSSR count). The number of ether oxygens (including phenoxy) is 1. The number of likely N-dealkylation sites (tertiary alicyclic amines) is 1. The Morgan fingerprint density at radius 3 is 2.42 bits per heavy atom. The second kappa shape index (κ2) is 14.4. The summed E-state index contributed by atoms with van der Waals surface area (Å²) < 4.78 is 21.2. The highest BCUT2D eigenvalue weighted by atomic mass is 19.1. The predicted molar refractivity (Wildman–Crippen MR) is 161 cm³/mol. The molecule has 43 heavy (non-hydrogen) atoms. The van der Waals surface area contributed by atoms with Crippen LogP contribution in [0.2, 0.25) is 0 Å². The molecule has 0 radical (unpaired) electrons. The Bertz CT molecular complexity index is 1360. The lowest BCUT2D eigenvalue weighted by Crippen LogP contribution is -2.56. The zero-order valence-electron chi connectivity index (χ0n) is 25.0. The molecule has 1 aromatic heterocycles. The number of nitrogens with one attached hydrogen (secondary N) is 2. The lowest BCUT2D eigenvalue weighted by molar-refractivity contribution is -0.133. The van der Waals surface area contributed by atoms with Gasteiger partial charge in [0.15, 0.2) is 5.82 Å². The first kappa shape index (κ1) is 31.8. The van der Waals surface area contributed by atoms with Gasteiger partial charge in [0.2, 0.25) is 11.8 Å². The molecule has 2 atom stereocenters. The number of benzene rings is 2. The SMILES string of the molecule is CC1CCN(C(=O)CC(c2ccc(F)cc2)n2cnc(NC(=O)[C@@H](COCc3ccccc3)NC(=O)C(C)(C)N)c2)CC1. The van der Waals surface area contributed by atoms with Crippen molar-refractivity contribution in [2.24, 2.45) is 11.7 Å². The summed E-state index contributed by atoms with van der Waals surface area (Å²) >= 11 is 0. The first-order chi connectivity index (χ1) is 20.5. The normalized spacial score (nSPS) is 15.5. The van der Waals surface area contributed by atoms with Gasteiger partial charge in [0.1, 0.15) is 11.9 Å². The molecule has 0 spiro atoms. The number of imidazole rings is 1. The van der Waals surface area contributed by atoms with Crippen molar-refractivity contribution in [1.29, 1.82) is 0 Å². The molecular formula is C32H41FN6O4. The van der Waals surface area contributed by atoms with Crippen LogP contribution in [0.15, 0.2) is 67.1 Å². The molecule has 11 heteroatoms. The molecule has 0 bridgehead atoms. The first-order valence-electron chi connectivity index (χ1n) is 14.6. The van der Waals surface area contributed by atoms with Crippen molar-refractivity contribution < 1.29 is 23.5 Å². The fraction of sp³-hybridized carbons (Fsp3) is 0.438. The van der Waals surface area contributed by atoms with Gasteiger partial charge in [-0.1, -0.05) is 49.4 Å². The minimum Gasteiger partial charge on any atom is -0.374 e. The van der Waals surface area contributed by atoms with E-state index in [9.17, 15) is 18.8 Å². The summed E-state index contributed by atoms with van der Waals surface area (Å²) in [6.07, 6.45) is 5.22. The van der Waals surface area contributed by atoms with Crippen molar-refractivity contribution in [3.8, 4) is 0 Å². The van der Waals surface area contributed by atoms with Gasteiger partial charge in [0, 0.05) is 19.3 Å². The molecule has 1 saturated heterocycles. The summed E-state index contributed by atoms with van der Waals surface area (Å²) in [6, 6.07) is 14.0. The van der Waals surface area contributed by atoms with E-state index in [1.807, 2.05) is 35.2 Å². The number of nitrogens with zero attached hydrogens (tertiary/aromatic N) is 3. The molecule has 0 aliphatic carbocycles. The quantitative estimate of drug-likeness (QED) is 0.294. The number of carbonyl (C=O) groups is 3. The largest absolute Gasteiger partial charge is 0.374 e. The minimum absolute atomic E-state index is 0.00301. The van der Waals surface area contributed by atoms with E-state index in [0.717, 1.165) is 24.0 Å². The lowest BCUT2D eigenvalue weighted by atomic mass is 9.97. The standard InChI is InChI=1S/C32H41FN6O4/c1-22-13-15-38(16-14-22)29(40)17-27(24-9-11-25(33)12-10-24)39-18-28(35-21-39)37-30(41)26(36-31(42)32(2,3)34)20-43-19-23-7-5-4-6-8-23/h4-12,18,21-22,26-27H,13-17,19-20,34H2,1-3H3,(H,36,42)(H,37,41)/t26-,27?/m1/s1. The van der Waals surface area contributed by atoms with Gasteiger partial charge in [0.25, 0.3) is 5.91 Å². The monoisotopic (exact) mass is 592 g/mol. The van der Waals surface area contributed by atoms with Crippen LogP contribution in [0, 0.1) is 11.7 Å². The van der Waals surface area contributed by atoms with Crippen LogP contribution in [0.25, 0.3) is 0 Å². The Morgan fingerprint density at radius 2 is 1.77 bits per heavy atom. The number of hydrogen-bond donors (Lipinski definition) is 3. The zero-order valence-corrected chi connectivity index (χ0v) is 25.0. The minimum atomic E-state index is -1.21. The molecule has 1 unspecified atom stereocenters. The number of amides is 3. The van der Waals surface area contributed by atoms with Crippen molar-refractivity contribution in [2.75, 3.05) is 25.0 Å². The average Bonchev–Trinajstić information content (AvgIpc) is 3.44. The third-order valence-electron chi connectivity index (χ3n) is 7.57. The smallest absolute Gasteiger partial charge is 0.250 e. The maximum Gasteiger partial charge on any atom is 0.250 e. The van der Waals surface area contributed by atoms with Crippen LogP contribution in [0.4, 0.5) is 10.2 Å². The van der Waals surface area contributed by atoms with Gasteiger partial charge in [0.05, 0.1) is 37.5 Å². The third kappa shape index (κ3) is 9.20. The Balaban J connectivity index is 1.48. The fourth-order valence-electron chi connectivity index (χ4n) is 4.81. The van der Waals surface area contributed by atoms with Crippen molar-refractivity contribution >= 4 is 23.5 Å². The van der Waals surface area contributed by atoms with Crippen LogP contribution < -0.4 is 16.4 Å². The van der Waals surface area contributed by atoms with Gasteiger partial charge >= 0.3 is 0 Å². The van der Waals surface area contributed by atoms with E-state index >= 15 is 0 Å². The number of rotatable bonds is 12. The number of carbonyl (C=O) groups excluding carboxylic acids is 3. The van der Waals surface area contributed by atoms with E-state index in [2.05, 4.69) is 22.5 Å². The van der Waals surface area contributed by atoms with E-state index in [0.29, 0.717) is 19.0 Å². The molecule has 1 aliphatic heterocycles. The highest BCUT2D eigenvalue weighted by molar-refractivity contribution is 5.98. The Kier molecular flexibility index (Phi) is 10.7. The van der Waals surface area contributed by atoms with Crippen LogP contribution in [0.3, 0.4) is 0 Å². The average molecular weight is 593 g/mol. The highest BCUT2D eigenvalue weighted by Crippen LogP contribution is 2.26. The van der Waals surface area contributed by atoms with E-state index in [1.54, 1.807) is 36.7 Å². The van der Waals surface area contributed by atoms with Crippen molar-refractivity contribution in [2.45, 2.75) is 64.3 Å². The van der Waals surface area contributed by atoms with Crippen molar-refractivity contribution in [3.63, 3.8) is 0 Å². The molecule has 3 amide bonds. The molecular weight excluding hydrogens is 551 g/mol. The maximum absolute atomic E-state index is 13.7. The summed E-state index contributed by atoms with van der Waals surface area (Å²) in [5.41, 5.74) is 6.40. The molecule has 2 heterocycles. The van der Waals surface area contributed by atoms with Gasteiger partial charge in [-0.2, -0.15) is 0 Å². The number of halogens is 1. The van der Waals surface area contributed by atoms with Crippen LogP contribution in [-0.2, 0) is 25.7 Å². The van der Waals surface area contributed by atoms with Crippen LogP contribution in [0.5, 0.6) is 0 Å². The number of piperidine rings is 1. The van der Waals surface area contributed by atoms with E-state index in [1.165, 1.54) is 18.5 Å². The van der Waals surface area contributed by atoms with E-state index in [-0.39, 0.29) is 37.2 Å². The van der Waals surface area contributed by atoms with Crippen LogP contribution in [0.1, 0.15) is 57.2 Å². The summed E-state index contributed by atoms with van der Waals surface area (Å²) in [7, 11) is 0. The highest BCUT2D eigenvalue weighted by Gasteiger charge is 2.29. The van der Waals surface area contributed by atoms with E-state index in [4.69, 9.17) is 10.5 Å². The molecule has 0 saturated carbocycles. The van der Waals surface area contributed by atoms with Crippen LogP contribution in [-0.4, -0.2) is 63.4 Å². The molecule has 4 N–H and O–H groups in total. The lowest BCUT2D eigenvalue weighted by Gasteiger charge is -2.31. The summed E-state index contributed by atoms with van der Waals surface area (Å²) in [6.45, 7) is 6.86. The fourth-order valence-corrected chi connectivity index (χ4v) is 4.81. The van der Waals surface area contributed by atoms with Gasteiger partial charge in [-0.3, -0.25) is 14.4 Å². The molecule has 3 aromatic rings. The predicted octanol–water partition coefficient (Wildman–Crippen LogP) is 3.64. The molecule has 230 valence electrons. The first-order valence-corrected chi connectivity index (χ1v) is 14.6. The second-order valence-corrected chi connectivity index (χ2v) is 11.8. The summed E-state index contributed by atoms with van der Waals surface area (Å²) in [4.78, 5) is 45.4. The number of aromatic nitrogens is 2. The summed E-state index contributed by atoms with van der Waals surface area (Å²) in [5.74, 6) is -0.601. The van der Waals surface area contributed by atoms with Gasteiger partial charge < -0.3 is 30.6 Å². The van der Waals surface area contributed by atoms with Crippen molar-refractivity contribution in [1.82, 2.24) is 19.8 Å². The zero-order chi connectivity index (χ0) is 31.0.